The molecule has 2 unspecified atom stereocenters. The lowest BCUT2D eigenvalue weighted by Crippen LogP contribution is -2.19. The van der Waals surface area contributed by atoms with E-state index in [4.69, 9.17) is 4.74 Å². The van der Waals surface area contributed by atoms with Crippen LogP contribution in [-0.4, -0.2) is 12.6 Å². The topological polar surface area (TPSA) is 26.3 Å². The Labute approximate surface area is 228 Å². The molecule has 216 valence electrons. The fraction of sp³-hybridized carbons (Fsp3) is 0.971. The van der Waals surface area contributed by atoms with Crippen molar-refractivity contribution in [3.05, 3.63) is 0 Å². The Morgan fingerprint density at radius 3 is 1.22 bits per heavy atom. The molecule has 0 aliphatic rings. The van der Waals surface area contributed by atoms with Crippen molar-refractivity contribution in [3.8, 4) is 0 Å². The minimum atomic E-state index is 0.0437. The fourth-order valence-electron chi connectivity index (χ4n) is 5.39. The van der Waals surface area contributed by atoms with Gasteiger partial charge in [0.2, 0.25) is 0 Å². The molecule has 0 saturated heterocycles. The lowest BCUT2D eigenvalue weighted by Gasteiger charge is -2.18. The molecule has 0 aromatic carbocycles. The van der Waals surface area contributed by atoms with E-state index in [0.29, 0.717) is 12.5 Å². The number of esters is 1. The van der Waals surface area contributed by atoms with E-state index >= 15 is 0 Å². The van der Waals surface area contributed by atoms with Gasteiger partial charge in [0.15, 0.2) is 0 Å². The van der Waals surface area contributed by atoms with Gasteiger partial charge in [0.05, 0.1) is 12.5 Å². The lowest BCUT2D eigenvalue weighted by atomic mass is 9.96. The molecule has 2 atom stereocenters. The molecule has 2 nitrogen and oxygen atoms in total. The van der Waals surface area contributed by atoms with Gasteiger partial charge in [-0.3, -0.25) is 4.79 Å². The molecule has 0 saturated carbocycles. The average Bonchev–Trinajstić information content (AvgIpc) is 2.88. The number of rotatable bonds is 29. The highest BCUT2D eigenvalue weighted by Crippen LogP contribution is 2.20. The molecule has 0 bridgehead atoms. The molecule has 0 amide bonds. The monoisotopic (exact) mass is 509 g/mol. The highest BCUT2D eigenvalue weighted by molar-refractivity contribution is 5.71. The molecule has 2 heteroatoms. The Kier molecular flexibility index (Phi) is 28.6. The summed E-state index contributed by atoms with van der Waals surface area (Å²) in [5, 5.41) is 0. The van der Waals surface area contributed by atoms with Crippen molar-refractivity contribution in [2.75, 3.05) is 6.61 Å². The van der Waals surface area contributed by atoms with Crippen LogP contribution in [-0.2, 0) is 9.53 Å². The summed E-state index contributed by atoms with van der Waals surface area (Å²) in [5.74, 6) is 0.668. The van der Waals surface area contributed by atoms with E-state index in [9.17, 15) is 4.79 Å². The number of ether oxygens (including phenoxy) is 1. The second-order valence-corrected chi connectivity index (χ2v) is 11.8. The smallest absolute Gasteiger partial charge is 0.308 e. The van der Waals surface area contributed by atoms with Crippen LogP contribution < -0.4 is 0 Å². The summed E-state index contributed by atoms with van der Waals surface area (Å²) >= 11 is 0. The van der Waals surface area contributed by atoms with Gasteiger partial charge in [0.1, 0.15) is 0 Å². The van der Waals surface area contributed by atoms with E-state index in [-0.39, 0.29) is 11.9 Å². The number of carbonyl (C=O) groups excluding carboxylic acids is 1. The lowest BCUT2D eigenvalue weighted by molar-refractivity contribution is -0.149. The third-order valence-electron chi connectivity index (χ3n) is 8.02. The first-order valence-electron chi connectivity index (χ1n) is 16.8. The van der Waals surface area contributed by atoms with E-state index in [1.807, 2.05) is 0 Å². The molecule has 0 fully saturated rings. The van der Waals surface area contributed by atoms with Gasteiger partial charge in [0, 0.05) is 0 Å². The zero-order valence-corrected chi connectivity index (χ0v) is 25.6. The van der Waals surface area contributed by atoms with Gasteiger partial charge < -0.3 is 4.74 Å². The normalized spacial score (nSPS) is 13.1. The van der Waals surface area contributed by atoms with Crippen LogP contribution in [0.2, 0.25) is 0 Å². The summed E-state index contributed by atoms with van der Waals surface area (Å²) in [7, 11) is 0. The van der Waals surface area contributed by atoms with Crippen molar-refractivity contribution in [2.45, 2.75) is 195 Å². The van der Waals surface area contributed by atoms with Crippen molar-refractivity contribution < 1.29 is 9.53 Å². The molecule has 0 aliphatic heterocycles. The minimum Gasteiger partial charge on any atom is -0.465 e. The maximum atomic E-state index is 12.5. The van der Waals surface area contributed by atoms with Crippen LogP contribution in [0, 0.1) is 11.8 Å². The van der Waals surface area contributed by atoms with Gasteiger partial charge in [-0.2, -0.15) is 0 Å². The summed E-state index contributed by atoms with van der Waals surface area (Å²) in [5.41, 5.74) is 0. The quantitative estimate of drug-likeness (QED) is 0.0741. The van der Waals surface area contributed by atoms with Crippen molar-refractivity contribution in [1.82, 2.24) is 0 Å². The van der Waals surface area contributed by atoms with Crippen molar-refractivity contribution in [3.63, 3.8) is 0 Å². The van der Waals surface area contributed by atoms with Crippen LogP contribution in [0.4, 0.5) is 0 Å². The second kappa shape index (κ2) is 29.0. The van der Waals surface area contributed by atoms with E-state index < -0.39 is 0 Å². The maximum absolute atomic E-state index is 12.5. The second-order valence-electron chi connectivity index (χ2n) is 11.8. The predicted molar refractivity (Wildman–Crippen MR) is 161 cm³/mol. The summed E-state index contributed by atoms with van der Waals surface area (Å²) in [4.78, 5) is 12.5. The third kappa shape index (κ3) is 25.1. The molecule has 0 aromatic heterocycles. The van der Waals surface area contributed by atoms with Gasteiger partial charge in [-0.15, -0.1) is 0 Å². The van der Waals surface area contributed by atoms with E-state index in [2.05, 4.69) is 27.7 Å². The molecule has 0 aromatic rings. The maximum Gasteiger partial charge on any atom is 0.308 e. The first-order valence-corrected chi connectivity index (χ1v) is 16.8. The summed E-state index contributed by atoms with van der Waals surface area (Å²) < 4.78 is 5.78. The number of hydrogen-bond donors (Lipinski definition) is 0. The Hall–Kier alpha value is -0.530. The van der Waals surface area contributed by atoms with Crippen LogP contribution in [0.1, 0.15) is 195 Å². The zero-order valence-electron chi connectivity index (χ0n) is 25.6. The van der Waals surface area contributed by atoms with Crippen LogP contribution in [0.15, 0.2) is 0 Å². The molecule has 0 N–H and O–H groups in total. The summed E-state index contributed by atoms with van der Waals surface area (Å²) in [6, 6.07) is 0. The van der Waals surface area contributed by atoms with Crippen LogP contribution in [0.5, 0.6) is 0 Å². The standard InChI is InChI=1S/C34H68O2/c1-5-8-10-12-14-16-18-19-20-22-24-26-29-32(4)34(35)36-31-33(28-7-3)30-27-25-23-21-17-15-13-11-9-6-2/h32-33H,5-31H2,1-4H3. The number of hydrogen-bond acceptors (Lipinski definition) is 2. The van der Waals surface area contributed by atoms with Crippen LogP contribution in [0.25, 0.3) is 0 Å². The predicted octanol–water partition coefficient (Wildman–Crippen LogP) is 12.0. The van der Waals surface area contributed by atoms with Crippen LogP contribution in [0.3, 0.4) is 0 Å². The first-order chi connectivity index (χ1) is 17.7. The first kappa shape index (κ1) is 35.5. The van der Waals surface area contributed by atoms with Gasteiger partial charge >= 0.3 is 5.97 Å². The van der Waals surface area contributed by atoms with Gasteiger partial charge in [-0.05, 0) is 25.2 Å². The van der Waals surface area contributed by atoms with Crippen molar-refractivity contribution in [2.24, 2.45) is 11.8 Å². The number of carbonyl (C=O) groups is 1. The van der Waals surface area contributed by atoms with Gasteiger partial charge in [0.25, 0.3) is 0 Å². The summed E-state index contributed by atoms with van der Waals surface area (Å²) in [6.07, 6.45) is 34.8. The molecule has 0 rings (SSSR count). The SMILES string of the molecule is CCCCCCCCCCCCCCC(C)C(=O)OCC(CCC)CCCCCCCCCCCC. The van der Waals surface area contributed by atoms with Crippen molar-refractivity contribution >= 4 is 5.97 Å². The minimum absolute atomic E-state index is 0.0437. The largest absolute Gasteiger partial charge is 0.465 e. The average molecular weight is 509 g/mol. The van der Waals surface area contributed by atoms with E-state index in [0.717, 1.165) is 6.42 Å². The molecule has 0 radical (unpaired) electrons. The molecular formula is C34H68O2. The summed E-state index contributed by atoms with van der Waals surface area (Å²) in [6.45, 7) is 9.54. The Bertz CT molecular complexity index is 433. The molecule has 0 heterocycles. The molecule has 36 heavy (non-hydrogen) atoms. The third-order valence-corrected chi connectivity index (χ3v) is 8.02. The van der Waals surface area contributed by atoms with Gasteiger partial charge in [-0.25, -0.2) is 0 Å². The highest BCUT2D eigenvalue weighted by atomic mass is 16.5. The Balaban J connectivity index is 3.67. The zero-order chi connectivity index (χ0) is 26.5. The molecule has 0 aliphatic carbocycles. The number of unbranched alkanes of at least 4 members (excludes halogenated alkanes) is 20. The van der Waals surface area contributed by atoms with E-state index in [1.54, 1.807) is 0 Å². The highest BCUT2D eigenvalue weighted by Gasteiger charge is 2.17. The molecule has 0 spiro atoms. The van der Waals surface area contributed by atoms with Crippen molar-refractivity contribution in [1.29, 1.82) is 0 Å². The molecular weight excluding hydrogens is 440 g/mol. The Morgan fingerprint density at radius 2 is 0.833 bits per heavy atom. The fourth-order valence-corrected chi connectivity index (χ4v) is 5.39. The van der Waals surface area contributed by atoms with Gasteiger partial charge in [-0.1, -0.05) is 175 Å². The van der Waals surface area contributed by atoms with E-state index in [1.165, 1.54) is 161 Å². The Morgan fingerprint density at radius 1 is 0.472 bits per heavy atom. The van der Waals surface area contributed by atoms with Crippen LogP contribution >= 0.6 is 0 Å².